The number of amides is 1. The van der Waals surface area contributed by atoms with Crippen LogP contribution >= 0.6 is 0 Å². The van der Waals surface area contributed by atoms with Crippen LogP contribution in [0, 0.1) is 10.1 Å². The van der Waals surface area contributed by atoms with E-state index in [2.05, 4.69) is 5.43 Å². The van der Waals surface area contributed by atoms with E-state index in [-0.39, 0.29) is 17.3 Å². The molecule has 0 radical (unpaired) electrons. The van der Waals surface area contributed by atoms with E-state index in [4.69, 9.17) is 5.84 Å². The minimum atomic E-state index is -0.534. The molecule has 0 aromatic heterocycles. The summed E-state index contributed by atoms with van der Waals surface area (Å²) in [4.78, 5) is 24.6. The van der Waals surface area contributed by atoms with E-state index < -0.39 is 4.92 Å². The third kappa shape index (κ3) is 2.88. The van der Waals surface area contributed by atoms with E-state index in [0.717, 1.165) is 19.3 Å². The summed E-state index contributed by atoms with van der Waals surface area (Å²) in [5.41, 5.74) is 2.70. The molecular formula is C13H18N4O3. The molecule has 1 aromatic rings. The Labute approximate surface area is 116 Å². The molecule has 0 bridgehead atoms. The SMILES string of the molecule is CCCN(C(=O)c1ccc([N+](=O)[O-])c(NN)c1)C1CC1. The van der Waals surface area contributed by atoms with Gasteiger partial charge in [0.25, 0.3) is 11.6 Å². The van der Waals surface area contributed by atoms with E-state index in [1.54, 1.807) is 0 Å². The van der Waals surface area contributed by atoms with Crippen LogP contribution in [0.4, 0.5) is 11.4 Å². The van der Waals surface area contributed by atoms with Crippen molar-refractivity contribution in [2.75, 3.05) is 12.0 Å². The average Bonchev–Trinajstić information content (AvgIpc) is 3.27. The molecular weight excluding hydrogens is 260 g/mol. The molecule has 108 valence electrons. The molecule has 1 aliphatic rings. The van der Waals surface area contributed by atoms with Gasteiger partial charge in [-0.15, -0.1) is 0 Å². The summed E-state index contributed by atoms with van der Waals surface area (Å²) >= 11 is 0. The van der Waals surface area contributed by atoms with Crippen LogP contribution in [0.25, 0.3) is 0 Å². The number of hydrogen-bond donors (Lipinski definition) is 2. The van der Waals surface area contributed by atoms with Crippen LogP contribution in [-0.4, -0.2) is 28.3 Å². The van der Waals surface area contributed by atoms with Crippen molar-refractivity contribution in [1.29, 1.82) is 0 Å². The molecule has 1 fully saturated rings. The average molecular weight is 278 g/mol. The molecule has 7 heteroatoms. The molecule has 1 aliphatic carbocycles. The number of nitro benzene ring substituents is 1. The van der Waals surface area contributed by atoms with Crippen LogP contribution in [0.3, 0.4) is 0 Å². The second-order valence-electron chi connectivity index (χ2n) is 4.86. The Balaban J connectivity index is 2.27. The normalized spacial score (nSPS) is 13.9. The zero-order valence-corrected chi connectivity index (χ0v) is 11.3. The monoisotopic (exact) mass is 278 g/mol. The quantitative estimate of drug-likeness (QED) is 0.470. The predicted octanol–water partition coefficient (Wildman–Crippen LogP) is 1.89. The number of rotatable bonds is 6. The molecule has 1 amide bonds. The first-order valence-electron chi connectivity index (χ1n) is 6.64. The Hall–Kier alpha value is -2.15. The van der Waals surface area contributed by atoms with Crippen molar-refractivity contribution in [3.63, 3.8) is 0 Å². The van der Waals surface area contributed by atoms with Crippen molar-refractivity contribution in [1.82, 2.24) is 4.90 Å². The highest BCUT2D eigenvalue weighted by molar-refractivity contribution is 5.96. The number of nitro groups is 1. The van der Waals surface area contributed by atoms with Crippen LogP contribution in [0.15, 0.2) is 18.2 Å². The minimum absolute atomic E-state index is 0.0965. The van der Waals surface area contributed by atoms with Crippen molar-refractivity contribution in [2.24, 2.45) is 5.84 Å². The Kier molecular flexibility index (Phi) is 4.19. The number of benzene rings is 1. The molecule has 0 spiro atoms. The molecule has 2 rings (SSSR count). The molecule has 7 nitrogen and oxygen atoms in total. The number of nitrogens with zero attached hydrogens (tertiary/aromatic N) is 2. The van der Waals surface area contributed by atoms with Crippen LogP contribution in [0.5, 0.6) is 0 Å². The van der Waals surface area contributed by atoms with Crippen LogP contribution in [0.1, 0.15) is 36.5 Å². The maximum atomic E-state index is 12.5. The zero-order valence-electron chi connectivity index (χ0n) is 11.3. The third-order valence-corrected chi connectivity index (χ3v) is 3.31. The lowest BCUT2D eigenvalue weighted by molar-refractivity contribution is -0.384. The number of carbonyl (C=O) groups is 1. The Morgan fingerprint density at radius 2 is 2.25 bits per heavy atom. The Morgan fingerprint density at radius 3 is 2.75 bits per heavy atom. The molecule has 0 aliphatic heterocycles. The van der Waals surface area contributed by atoms with Gasteiger partial charge in [0.2, 0.25) is 0 Å². The van der Waals surface area contributed by atoms with Gasteiger partial charge in [-0.3, -0.25) is 20.8 Å². The molecule has 0 saturated heterocycles. The number of anilines is 1. The van der Waals surface area contributed by atoms with Crippen molar-refractivity contribution in [3.8, 4) is 0 Å². The van der Waals surface area contributed by atoms with E-state index in [1.165, 1.54) is 18.2 Å². The van der Waals surface area contributed by atoms with E-state index >= 15 is 0 Å². The number of nitrogens with two attached hydrogens (primary N) is 1. The highest BCUT2D eigenvalue weighted by Gasteiger charge is 2.32. The van der Waals surface area contributed by atoms with Gasteiger partial charge in [0, 0.05) is 24.2 Å². The fourth-order valence-electron chi connectivity index (χ4n) is 2.19. The number of nitrogen functional groups attached to an aromatic ring is 1. The molecule has 1 saturated carbocycles. The van der Waals surface area contributed by atoms with Gasteiger partial charge in [0.15, 0.2) is 0 Å². The zero-order chi connectivity index (χ0) is 14.7. The summed E-state index contributed by atoms with van der Waals surface area (Å²) < 4.78 is 0. The smallest absolute Gasteiger partial charge is 0.293 e. The van der Waals surface area contributed by atoms with Crippen molar-refractivity contribution in [2.45, 2.75) is 32.2 Å². The van der Waals surface area contributed by atoms with E-state index in [1.807, 2.05) is 11.8 Å². The van der Waals surface area contributed by atoms with Crippen LogP contribution in [0.2, 0.25) is 0 Å². The largest absolute Gasteiger partial charge is 0.336 e. The second kappa shape index (κ2) is 5.87. The molecule has 0 atom stereocenters. The van der Waals surface area contributed by atoms with Gasteiger partial charge in [-0.1, -0.05) is 6.92 Å². The summed E-state index contributed by atoms with van der Waals surface area (Å²) in [5.74, 6) is 5.19. The maximum Gasteiger partial charge on any atom is 0.293 e. The lowest BCUT2D eigenvalue weighted by Crippen LogP contribution is -2.33. The third-order valence-electron chi connectivity index (χ3n) is 3.31. The number of carbonyl (C=O) groups excluding carboxylic acids is 1. The molecule has 1 aromatic carbocycles. The van der Waals surface area contributed by atoms with Gasteiger partial charge in [0.1, 0.15) is 5.69 Å². The first-order valence-corrected chi connectivity index (χ1v) is 6.64. The van der Waals surface area contributed by atoms with Crippen molar-refractivity contribution in [3.05, 3.63) is 33.9 Å². The predicted molar refractivity (Wildman–Crippen MR) is 75.3 cm³/mol. The Morgan fingerprint density at radius 1 is 1.55 bits per heavy atom. The summed E-state index contributed by atoms with van der Waals surface area (Å²) in [6.07, 6.45) is 2.94. The summed E-state index contributed by atoms with van der Waals surface area (Å²) in [6.45, 7) is 2.72. The molecule has 0 heterocycles. The molecule has 0 unspecified atom stereocenters. The minimum Gasteiger partial charge on any atom is -0.336 e. The lowest BCUT2D eigenvalue weighted by Gasteiger charge is -2.22. The van der Waals surface area contributed by atoms with Crippen LogP contribution < -0.4 is 11.3 Å². The van der Waals surface area contributed by atoms with Gasteiger partial charge >= 0.3 is 0 Å². The van der Waals surface area contributed by atoms with E-state index in [9.17, 15) is 14.9 Å². The van der Waals surface area contributed by atoms with Gasteiger partial charge in [-0.05, 0) is 31.4 Å². The first-order chi connectivity index (χ1) is 9.58. The Bertz CT molecular complexity index is 528. The van der Waals surface area contributed by atoms with Gasteiger partial charge in [-0.25, -0.2) is 0 Å². The molecule has 3 N–H and O–H groups in total. The fourth-order valence-corrected chi connectivity index (χ4v) is 2.19. The topological polar surface area (TPSA) is 102 Å². The highest BCUT2D eigenvalue weighted by atomic mass is 16.6. The summed E-state index contributed by atoms with van der Waals surface area (Å²) in [7, 11) is 0. The molecule has 20 heavy (non-hydrogen) atoms. The first kappa shape index (κ1) is 14.3. The van der Waals surface area contributed by atoms with Crippen molar-refractivity contribution >= 4 is 17.3 Å². The second-order valence-corrected chi connectivity index (χ2v) is 4.86. The summed E-state index contributed by atoms with van der Waals surface area (Å²) in [5, 5.41) is 10.8. The lowest BCUT2D eigenvalue weighted by atomic mass is 10.1. The number of hydrazine groups is 1. The van der Waals surface area contributed by atoms with Gasteiger partial charge < -0.3 is 10.3 Å². The summed E-state index contributed by atoms with van der Waals surface area (Å²) in [6, 6.07) is 4.53. The maximum absolute atomic E-state index is 12.5. The number of hydrogen-bond acceptors (Lipinski definition) is 5. The van der Waals surface area contributed by atoms with Gasteiger partial charge in [0.05, 0.1) is 4.92 Å². The fraction of sp³-hybridized carbons (Fsp3) is 0.462. The van der Waals surface area contributed by atoms with Gasteiger partial charge in [-0.2, -0.15) is 0 Å². The number of nitrogens with one attached hydrogen (secondary N) is 1. The van der Waals surface area contributed by atoms with E-state index in [0.29, 0.717) is 18.2 Å². The highest BCUT2D eigenvalue weighted by Crippen LogP contribution is 2.30. The van der Waals surface area contributed by atoms with Crippen LogP contribution in [-0.2, 0) is 0 Å². The van der Waals surface area contributed by atoms with Crippen molar-refractivity contribution < 1.29 is 9.72 Å². The standard InChI is InChI=1S/C13H18N4O3/c1-2-7-16(10-4-5-10)13(18)9-3-6-12(17(19)20)11(8-9)15-14/h3,6,8,10,15H,2,4-5,7,14H2,1H3.